The molecule has 2 saturated heterocycles. The van der Waals surface area contributed by atoms with Crippen LogP contribution in [0.1, 0.15) is 31.2 Å². The Morgan fingerprint density at radius 3 is 2.69 bits per heavy atom. The molecule has 2 aliphatic heterocycles. The van der Waals surface area contributed by atoms with E-state index in [1.807, 2.05) is 12.1 Å². The predicted octanol–water partition coefficient (Wildman–Crippen LogP) is 1.72. The van der Waals surface area contributed by atoms with Crippen LogP contribution in [0.2, 0.25) is 5.02 Å². The maximum atomic E-state index is 12.1. The molecule has 0 saturated carbocycles. The highest BCUT2D eigenvalue weighted by atomic mass is 35.5. The Kier molecular flexibility index (Phi) is 6.75. The summed E-state index contributed by atoms with van der Waals surface area (Å²) in [5.41, 5.74) is 0.435. The number of amides is 2. The first-order valence-corrected chi connectivity index (χ1v) is 9.84. The van der Waals surface area contributed by atoms with Crippen LogP contribution < -0.4 is 16.0 Å². The van der Waals surface area contributed by atoms with Gasteiger partial charge in [0.15, 0.2) is 0 Å². The number of benzene rings is 1. The lowest BCUT2D eigenvalue weighted by Gasteiger charge is -2.34. The van der Waals surface area contributed by atoms with Gasteiger partial charge in [-0.25, -0.2) is 4.79 Å². The SMILES string of the molecule is O=C(NCC1(O)CCCNC1)NC1CCN(Cc2ccc(Cl)cc2)CC1. The van der Waals surface area contributed by atoms with Crippen molar-refractivity contribution in [2.24, 2.45) is 0 Å². The Hall–Kier alpha value is -1.34. The Balaban J connectivity index is 1.35. The monoisotopic (exact) mass is 380 g/mol. The van der Waals surface area contributed by atoms with E-state index in [1.54, 1.807) is 0 Å². The second-order valence-corrected chi connectivity index (χ2v) is 7.95. The van der Waals surface area contributed by atoms with E-state index in [0.29, 0.717) is 13.1 Å². The minimum absolute atomic E-state index is 0.180. The first-order valence-electron chi connectivity index (χ1n) is 9.47. The number of piperidine rings is 2. The van der Waals surface area contributed by atoms with Gasteiger partial charge in [0, 0.05) is 43.8 Å². The summed E-state index contributed by atoms with van der Waals surface area (Å²) in [7, 11) is 0. The number of rotatable bonds is 5. The van der Waals surface area contributed by atoms with E-state index < -0.39 is 5.60 Å². The van der Waals surface area contributed by atoms with E-state index in [2.05, 4.69) is 33.0 Å². The molecule has 2 amide bonds. The van der Waals surface area contributed by atoms with Crippen LogP contribution >= 0.6 is 11.6 Å². The molecule has 144 valence electrons. The van der Waals surface area contributed by atoms with Crippen molar-refractivity contribution in [3.05, 3.63) is 34.9 Å². The molecule has 26 heavy (non-hydrogen) atoms. The van der Waals surface area contributed by atoms with Crippen molar-refractivity contribution in [2.45, 2.75) is 43.9 Å². The van der Waals surface area contributed by atoms with Crippen LogP contribution in [-0.2, 0) is 6.54 Å². The third-order valence-electron chi connectivity index (χ3n) is 5.27. The molecule has 2 aliphatic rings. The van der Waals surface area contributed by atoms with E-state index in [-0.39, 0.29) is 12.1 Å². The summed E-state index contributed by atoms with van der Waals surface area (Å²) in [5.74, 6) is 0. The molecular formula is C19H29ClN4O2. The lowest BCUT2D eigenvalue weighted by Crippen LogP contribution is -2.55. The number of carbonyl (C=O) groups is 1. The van der Waals surface area contributed by atoms with Crippen molar-refractivity contribution < 1.29 is 9.90 Å². The molecule has 1 aromatic rings. The molecule has 0 spiro atoms. The lowest BCUT2D eigenvalue weighted by atomic mass is 9.94. The highest BCUT2D eigenvalue weighted by molar-refractivity contribution is 6.30. The molecule has 1 unspecified atom stereocenters. The van der Waals surface area contributed by atoms with Crippen LogP contribution in [0.5, 0.6) is 0 Å². The Morgan fingerprint density at radius 2 is 2.04 bits per heavy atom. The maximum absolute atomic E-state index is 12.1. The van der Waals surface area contributed by atoms with E-state index in [0.717, 1.165) is 56.9 Å². The van der Waals surface area contributed by atoms with E-state index in [1.165, 1.54) is 5.56 Å². The van der Waals surface area contributed by atoms with Gasteiger partial charge in [-0.15, -0.1) is 0 Å². The van der Waals surface area contributed by atoms with Crippen LogP contribution in [0.3, 0.4) is 0 Å². The van der Waals surface area contributed by atoms with Crippen molar-refractivity contribution in [2.75, 3.05) is 32.7 Å². The molecule has 1 atom stereocenters. The summed E-state index contributed by atoms with van der Waals surface area (Å²) >= 11 is 5.93. The Labute approximate surface area is 160 Å². The zero-order valence-corrected chi connectivity index (χ0v) is 15.9. The summed E-state index contributed by atoms with van der Waals surface area (Å²) in [6, 6.07) is 7.97. The van der Waals surface area contributed by atoms with Crippen LogP contribution in [0.4, 0.5) is 4.79 Å². The zero-order chi connectivity index (χ0) is 18.4. The topological polar surface area (TPSA) is 76.6 Å². The third kappa shape index (κ3) is 5.84. The van der Waals surface area contributed by atoms with Gasteiger partial charge in [0.25, 0.3) is 0 Å². The number of hydrogen-bond donors (Lipinski definition) is 4. The standard InChI is InChI=1S/C19H29ClN4O2/c20-16-4-2-15(3-5-16)12-24-10-6-17(7-11-24)23-18(25)22-14-19(26)8-1-9-21-13-19/h2-5,17,21,26H,1,6-14H2,(H2,22,23,25). The minimum atomic E-state index is -0.822. The second kappa shape index (κ2) is 9.04. The fourth-order valence-electron chi connectivity index (χ4n) is 3.67. The number of aliphatic hydroxyl groups is 1. The van der Waals surface area contributed by atoms with Gasteiger partial charge >= 0.3 is 6.03 Å². The van der Waals surface area contributed by atoms with Gasteiger partial charge in [-0.1, -0.05) is 23.7 Å². The van der Waals surface area contributed by atoms with Gasteiger partial charge in [0.2, 0.25) is 0 Å². The number of nitrogens with zero attached hydrogens (tertiary/aromatic N) is 1. The zero-order valence-electron chi connectivity index (χ0n) is 15.1. The van der Waals surface area contributed by atoms with Crippen molar-refractivity contribution >= 4 is 17.6 Å². The third-order valence-corrected chi connectivity index (χ3v) is 5.52. The van der Waals surface area contributed by atoms with E-state index in [4.69, 9.17) is 11.6 Å². The molecule has 0 aromatic heterocycles. The number of likely N-dealkylation sites (tertiary alicyclic amines) is 1. The Morgan fingerprint density at radius 1 is 1.31 bits per heavy atom. The van der Waals surface area contributed by atoms with Crippen LogP contribution in [0.25, 0.3) is 0 Å². The van der Waals surface area contributed by atoms with Gasteiger partial charge in [0.1, 0.15) is 0 Å². The summed E-state index contributed by atoms with van der Waals surface area (Å²) in [4.78, 5) is 14.5. The number of β-amino-alcohol motifs (C(OH)–C–C–N with tert-alkyl or cyclic N) is 1. The normalized spacial score (nSPS) is 25.0. The Bertz CT molecular complexity index is 582. The number of carbonyl (C=O) groups excluding carboxylic acids is 1. The smallest absolute Gasteiger partial charge is 0.315 e. The molecule has 1 aromatic carbocycles. The first kappa shape index (κ1) is 19.4. The molecule has 3 rings (SSSR count). The molecule has 2 fully saturated rings. The van der Waals surface area contributed by atoms with Crippen LogP contribution in [0, 0.1) is 0 Å². The average molecular weight is 381 g/mol. The molecule has 7 heteroatoms. The summed E-state index contributed by atoms with van der Waals surface area (Å²) < 4.78 is 0. The van der Waals surface area contributed by atoms with Gasteiger partial charge in [-0.3, -0.25) is 4.90 Å². The first-order chi connectivity index (χ1) is 12.5. The largest absolute Gasteiger partial charge is 0.387 e. The summed E-state index contributed by atoms with van der Waals surface area (Å²) in [5, 5.41) is 20.2. The van der Waals surface area contributed by atoms with E-state index in [9.17, 15) is 9.90 Å². The van der Waals surface area contributed by atoms with Gasteiger partial charge < -0.3 is 21.1 Å². The predicted molar refractivity (Wildman–Crippen MR) is 103 cm³/mol. The quantitative estimate of drug-likeness (QED) is 0.627. The molecule has 4 N–H and O–H groups in total. The van der Waals surface area contributed by atoms with Crippen molar-refractivity contribution in [1.29, 1.82) is 0 Å². The molecule has 0 bridgehead atoms. The number of halogens is 1. The second-order valence-electron chi connectivity index (χ2n) is 7.51. The molecular weight excluding hydrogens is 352 g/mol. The highest BCUT2D eigenvalue weighted by Gasteiger charge is 2.30. The van der Waals surface area contributed by atoms with Crippen molar-refractivity contribution in [1.82, 2.24) is 20.9 Å². The highest BCUT2D eigenvalue weighted by Crippen LogP contribution is 2.16. The van der Waals surface area contributed by atoms with Gasteiger partial charge in [0.05, 0.1) is 5.60 Å². The average Bonchev–Trinajstić information content (AvgIpc) is 2.64. The molecule has 6 nitrogen and oxygen atoms in total. The van der Waals surface area contributed by atoms with Crippen molar-refractivity contribution in [3.63, 3.8) is 0 Å². The fraction of sp³-hybridized carbons (Fsp3) is 0.632. The summed E-state index contributed by atoms with van der Waals surface area (Å²) in [6.45, 7) is 4.60. The van der Waals surface area contributed by atoms with Crippen LogP contribution in [0.15, 0.2) is 24.3 Å². The van der Waals surface area contributed by atoms with Gasteiger partial charge in [-0.05, 0) is 49.9 Å². The number of hydrogen-bond acceptors (Lipinski definition) is 4. The maximum Gasteiger partial charge on any atom is 0.315 e. The number of urea groups is 1. The van der Waals surface area contributed by atoms with Crippen molar-refractivity contribution in [3.8, 4) is 0 Å². The van der Waals surface area contributed by atoms with Crippen LogP contribution in [-0.4, -0.2) is 60.4 Å². The molecule has 0 radical (unpaired) electrons. The molecule has 2 heterocycles. The lowest BCUT2D eigenvalue weighted by molar-refractivity contribution is 0.0193. The number of nitrogens with one attached hydrogen (secondary N) is 3. The summed E-state index contributed by atoms with van der Waals surface area (Å²) in [6.07, 6.45) is 3.54. The van der Waals surface area contributed by atoms with E-state index >= 15 is 0 Å². The fourth-order valence-corrected chi connectivity index (χ4v) is 3.79. The minimum Gasteiger partial charge on any atom is -0.387 e. The van der Waals surface area contributed by atoms with Gasteiger partial charge in [-0.2, -0.15) is 0 Å². The molecule has 0 aliphatic carbocycles.